The van der Waals surface area contributed by atoms with Crippen LogP contribution >= 0.6 is 0 Å². The molecular weight excluding hydrogens is 236 g/mol. The Balaban J connectivity index is 2.17. The molecule has 1 atom stereocenters. The summed E-state index contributed by atoms with van der Waals surface area (Å²) >= 11 is 0. The van der Waals surface area contributed by atoms with Crippen LogP contribution in [0.15, 0.2) is 12.3 Å². The highest BCUT2D eigenvalue weighted by atomic mass is 15.2. The van der Waals surface area contributed by atoms with E-state index in [0.717, 1.165) is 30.7 Å². The molecule has 2 heterocycles. The molecule has 1 aromatic heterocycles. The quantitative estimate of drug-likeness (QED) is 0.885. The Labute approximate surface area is 115 Å². The molecule has 1 unspecified atom stereocenters. The molecule has 102 valence electrons. The second-order valence-electron chi connectivity index (χ2n) is 5.63. The minimum Gasteiger partial charge on any atom is -0.395 e. The van der Waals surface area contributed by atoms with Gasteiger partial charge in [-0.15, -0.1) is 0 Å². The summed E-state index contributed by atoms with van der Waals surface area (Å²) in [5.74, 6) is 2.30. The first-order valence-electron chi connectivity index (χ1n) is 7.03. The minimum atomic E-state index is 0.521. The molecular formula is C15H22N4. The highest BCUT2D eigenvalue weighted by molar-refractivity contribution is 5.70. The summed E-state index contributed by atoms with van der Waals surface area (Å²) in [7, 11) is 0. The number of nitriles is 1. The minimum absolute atomic E-state index is 0.521. The largest absolute Gasteiger partial charge is 0.395 e. The van der Waals surface area contributed by atoms with Crippen LogP contribution in [-0.4, -0.2) is 18.1 Å². The molecule has 1 aromatic rings. The molecule has 1 saturated heterocycles. The van der Waals surface area contributed by atoms with Crippen LogP contribution in [0, 0.1) is 23.2 Å². The van der Waals surface area contributed by atoms with Gasteiger partial charge >= 0.3 is 0 Å². The molecule has 0 aliphatic carbocycles. The maximum Gasteiger partial charge on any atom is 0.153 e. The fourth-order valence-corrected chi connectivity index (χ4v) is 2.81. The van der Waals surface area contributed by atoms with Crippen molar-refractivity contribution in [1.82, 2.24) is 4.98 Å². The first-order chi connectivity index (χ1) is 9.13. The van der Waals surface area contributed by atoms with Crippen molar-refractivity contribution >= 4 is 11.5 Å². The molecule has 1 aliphatic heterocycles. The first-order valence-corrected chi connectivity index (χ1v) is 7.03. The fraction of sp³-hybridized carbons (Fsp3) is 0.600. The van der Waals surface area contributed by atoms with Crippen LogP contribution in [0.1, 0.15) is 38.7 Å². The number of pyridine rings is 1. The van der Waals surface area contributed by atoms with Crippen molar-refractivity contribution in [3.63, 3.8) is 0 Å². The lowest BCUT2D eigenvalue weighted by atomic mass is 9.89. The molecule has 2 N–H and O–H groups in total. The third kappa shape index (κ3) is 2.98. The molecule has 4 nitrogen and oxygen atoms in total. The van der Waals surface area contributed by atoms with Crippen LogP contribution in [0.4, 0.5) is 11.5 Å². The number of aromatic nitrogens is 1. The Morgan fingerprint density at radius 3 is 2.89 bits per heavy atom. The van der Waals surface area contributed by atoms with E-state index in [4.69, 9.17) is 11.0 Å². The zero-order valence-corrected chi connectivity index (χ0v) is 11.8. The molecule has 0 saturated carbocycles. The first kappa shape index (κ1) is 13.7. The average molecular weight is 258 g/mol. The Morgan fingerprint density at radius 2 is 2.21 bits per heavy atom. The maximum atomic E-state index is 9.04. The average Bonchev–Trinajstić information content (AvgIpc) is 2.65. The van der Waals surface area contributed by atoms with Crippen LogP contribution in [0.3, 0.4) is 0 Å². The van der Waals surface area contributed by atoms with Crippen LogP contribution < -0.4 is 10.6 Å². The standard InChI is InChI=1S/C15H22N4/c1-11(2)12-4-3-8-19(9-6-12)15-14(17)13(10-16)5-7-18-15/h5,7,11-12H,3-4,6,8-9,17H2,1-2H3. The van der Waals surface area contributed by atoms with Crippen molar-refractivity contribution in [1.29, 1.82) is 5.26 Å². The number of nitrogens with zero attached hydrogens (tertiary/aromatic N) is 3. The van der Waals surface area contributed by atoms with Gasteiger partial charge in [0.2, 0.25) is 0 Å². The van der Waals surface area contributed by atoms with Crippen LogP contribution in [-0.2, 0) is 0 Å². The molecule has 19 heavy (non-hydrogen) atoms. The highest BCUT2D eigenvalue weighted by Gasteiger charge is 2.21. The highest BCUT2D eigenvalue weighted by Crippen LogP contribution is 2.29. The summed E-state index contributed by atoms with van der Waals surface area (Å²) in [5, 5.41) is 9.04. The summed E-state index contributed by atoms with van der Waals surface area (Å²) in [6, 6.07) is 3.80. The summed E-state index contributed by atoms with van der Waals surface area (Å²) < 4.78 is 0. The van der Waals surface area contributed by atoms with Gasteiger partial charge in [-0.05, 0) is 37.2 Å². The van der Waals surface area contributed by atoms with Crippen LogP contribution in [0.25, 0.3) is 0 Å². The van der Waals surface area contributed by atoms with Crippen LogP contribution in [0.2, 0.25) is 0 Å². The molecule has 0 bridgehead atoms. The van der Waals surface area contributed by atoms with E-state index >= 15 is 0 Å². The van der Waals surface area contributed by atoms with Gasteiger partial charge in [0.15, 0.2) is 5.82 Å². The van der Waals surface area contributed by atoms with Crippen molar-refractivity contribution in [2.75, 3.05) is 23.7 Å². The zero-order valence-electron chi connectivity index (χ0n) is 11.8. The lowest BCUT2D eigenvalue weighted by Crippen LogP contribution is -2.26. The molecule has 4 heteroatoms. The predicted molar refractivity (Wildman–Crippen MR) is 77.8 cm³/mol. The van der Waals surface area contributed by atoms with Gasteiger partial charge in [0, 0.05) is 19.3 Å². The van der Waals surface area contributed by atoms with Crippen molar-refractivity contribution in [2.45, 2.75) is 33.1 Å². The van der Waals surface area contributed by atoms with Crippen LogP contribution in [0.5, 0.6) is 0 Å². The van der Waals surface area contributed by atoms with Gasteiger partial charge in [-0.1, -0.05) is 13.8 Å². The molecule has 0 spiro atoms. The maximum absolute atomic E-state index is 9.04. The van der Waals surface area contributed by atoms with Crippen molar-refractivity contribution in [3.05, 3.63) is 17.8 Å². The molecule has 0 aromatic carbocycles. The van der Waals surface area contributed by atoms with E-state index in [1.165, 1.54) is 19.3 Å². The lowest BCUT2D eigenvalue weighted by Gasteiger charge is -2.24. The van der Waals surface area contributed by atoms with E-state index in [-0.39, 0.29) is 0 Å². The molecule has 1 fully saturated rings. The van der Waals surface area contributed by atoms with Gasteiger partial charge in [0.05, 0.1) is 11.3 Å². The van der Waals surface area contributed by atoms with Gasteiger partial charge in [-0.25, -0.2) is 4.98 Å². The summed E-state index contributed by atoms with van der Waals surface area (Å²) in [5.41, 5.74) is 7.09. The van der Waals surface area contributed by atoms with E-state index in [2.05, 4.69) is 29.8 Å². The second-order valence-corrected chi connectivity index (χ2v) is 5.63. The number of nitrogen functional groups attached to an aromatic ring is 1. The Hall–Kier alpha value is -1.76. The van der Waals surface area contributed by atoms with Crippen molar-refractivity contribution < 1.29 is 0 Å². The van der Waals surface area contributed by atoms with Gasteiger partial charge in [0.25, 0.3) is 0 Å². The molecule has 2 rings (SSSR count). The van der Waals surface area contributed by atoms with Crippen molar-refractivity contribution in [3.8, 4) is 6.07 Å². The predicted octanol–water partition coefficient (Wildman–Crippen LogP) is 2.80. The number of nitrogens with two attached hydrogens (primary N) is 1. The normalized spacial score (nSPS) is 20.1. The molecule has 1 aliphatic rings. The monoisotopic (exact) mass is 258 g/mol. The van der Waals surface area contributed by atoms with E-state index in [1.54, 1.807) is 12.3 Å². The Kier molecular flexibility index (Phi) is 4.26. The Bertz CT molecular complexity index is 476. The summed E-state index contributed by atoms with van der Waals surface area (Å²) in [6.07, 6.45) is 5.29. The van der Waals surface area contributed by atoms with E-state index in [9.17, 15) is 0 Å². The van der Waals surface area contributed by atoms with Gasteiger partial charge in [0.1, 0.15) is 6.07 Å². The SMILES string of the molecule is CC(C)C1CCCN(c2nccc(C#N)c2N)CC1. The number of anilines is 2. The van der Waals surface area contributed by atoms with E-state index in [1.807, 2.05) is 0 Å². The van der Waals surface area contributed by atoms with Gasteiger partial charge < -0.3 is 10.6 Å². The summed E-state index contributed by atoms with van der Waals surface area (Å²) in [6.45, 7) is 6.55. The fourth-order valence-electron chi connectivity index (χ4n) is 2.81. The van der Waals surface area contributed by atoms with E-state index < -0.39 is 0 Å². The number of rotatable bonds is 2. The van der Waals surface area contributed by atoms with Gasteiger partial charge in [-0.2, -0.15) is 5.26 Å². The smallest absolute Gasteiger partial charge is 0.153 e. The second kappa shape index (κ2) is 5.92. The number of hydrogen-bond acceptors (Lipinski definition) is 4. The summed E-state index contributed by atoms with van der Waals surface area (Å²) in [4.78, 5) is 6.61. The van der Waals surface area contributed by atoms with E-state index in [0.29, 0.717) is 11.3 Å². The molecule has 0 amide bonds. The third-order valence-electron chi connectivity index (χ3n) is 4.10. The van der Waals surface area contributed by atoms with Crippen molar-refractivity contribution in [2.24, 2.45) is 11.8 Å². The number of hydrogen-bond donors (Lipinski definition) is 1. The topological polar surface area (TPSA) is 65.9 Å². The third-order valence-corrected chi connectivity index (χ3v) is 4.10. The lowest BCUT2D eigenvalue weighted by molar-refractivity contribution is 0.351. The zero-order chi connectivity index (χ0) is 13.8. The molecule has 0 radical (unpaired) electrons. The Morgan fingerprint density at radius 1 is 1.42 bits per heavy atom. The van der Waals surface area contributed by atoms with Gasteiger partial charge in [-0.3, -0.25) is 0 Å².